The van der Waals surface area contributed by atoms with Crippen molar-refractivity contribution in [2.24, 2.45) is 5.73 Å². The largest absolute Gasteiger partial charge is 0.496 e. The predicted octanol–water partition coefficient (Wildman–Crippen LogP) is 2.45. The molecule has 0 heterocycles. The number of rotatable bonds is 6. The van der Waals surface area contributed by atoms with Gasteiger partial charge in [-0.25, -0.2) is 0 Å². The van der Waals surface area contributed by atoms with Crippen molar-refractivity contribution in [1.29, 1.82) is 0 Å². The smallest absolute Gasteiger partial charge is 0.132 e. The van der Waals surface area contributed by atoms with Gasteiger partial charge in [0, 0.05) is 18.6 Å². The quantitative estimate of drug-likeness (QED) is 0.777. The highest BCUT2D eigenvalue weighted by atomic mass is 32.2. The number of thioether (sulfide) groups is 1. The molecule has 0 saturated carbocycles. The van der Waals surface area contributed by atoms with Gasteiger partial charge in [-0.1, -0.05) is 13.0 Å². The Bertz CT molecular complexity index is 327. The number of hydrogen-bond donors (Lipinski definition) is 1. The van der Waals surface area contributed by atoms with Gasteiger partial charge < -0.3 is 15.2 Å². The molecule has 16 heavy (non-hydrogen) atoms. The zero-order valence-corrected chi connectivity index (χ0v) is 10.8. The van der Waals surface area contributed by atoms with Crippen molar-refractivity contribution in [2.45, 2.75) is 17.9 Å². The Morgan fingerprint density at radius 1 is 1.38 bits per heavy atom. The Kier molecular flexibility index (Phi) is 5.66. The Morgan fingerprint density at radius 2 is 2.12 bits per heavy atom. The van der Waals surface area contributed by atoms with E-state index in [9.17, 15) is 0 Å². The maximum atomic E-state index is 5.63. The summed E-state index contributed by atoms with van der Waals surface area (Å²) in [5, 5.41) is 0. The Hall–Kier alpha value is -0.710. The van der Waals surface area contributed by atoms with Gasteiger partial charge in [-0.2, -0.15) is 0 Å². The average Bonchev–Trinajstić information content (AvgIpc) is 2.32. The van der Waals surface area contributed by atoms with Crippen molar-refractivity contribution in [3.63, 3.8) is 0 Å². The van der Waals surface area contributed by atoms with Crippen LogP contribution in [0.5, 0.6) is 5.75 Å². The molecular weight excluding hydrogens is 222 g/mol. The summed E-state index contributed by atoms with van der Waals surface area (Å²) in [6.07, 6.45) is -0.0606. The van der Waals surface area contributed by atoms with Crippen LogP contribution in [0.2, 0.25) is 0 Å². The van der Waals surface area contributed by atoms with E-state index in [0.29, 0.717) is 6.54 Å². The molecule has 0 aromatic heterocycles. The van der Waals surface area contributed by atoms with Gasteiger partial charge >= 0.3 is 0 Å². The van der Waals surface area contributed by atoms with Gasteiger partial charge in [0.25, 0.3) is 0 Å². The fourth-order valence-corrected chi connectivity index (χ4v) is 2.29. The lowest BCUT2D eigenvalue weighted by molar-refractivity contribution is 0.110. The highest BCUT2D eigenvalue weighted by Gasteiger charge is 2.11. The average molecular weight is 241 g/mol. The summed E-state index contributed by atoms with van der Waals surface area (Å²) < 4.78 is 10.7. The molecule has 0 radical (unpaired) electrons. The molecular formula is C12H19NO2S. The molecule has 0 aliphatic heterocycles. The monoisotopic (exact) mass is 241 g/mol. The summed E-state index contributed by atoms with van der Waals surface area (Å²) in [7, 11) is 3.35. The lowest BCUT2D eigenvalue weighted by atomic mass is 10.1. The molecule has 0 fully saturated rings. The normalized spacial score (nSPS) is 12.5. The second kappa shape index (κ2) is 6.78. The third-order valence-corrected chi connectivity index (χ3v) is 3.29. The molecule has 0 bridgehead atoms. The standard InChI is InChI=1S/C12H19NO2S/c1-4-16-12-6-5-9(7-10(12)14-2)11(8-13)15-3/h5-7,11H,4,8,13H2,1-3H3. The molecule has 0 aliphatic rings. The summed E-state index contributed by atoms with van der Waals surface area (Å²) in [5.41, 5.74) is 6.69. The Balaban J connectivity index is 2.98. The Labute approximate surface area is 101 Å². The van der Waals surface area contributed by atoms with Crippen LogP contribution in [0.25, 0.3) is 0 Å². The second-order valence-electron chi connectivity index (χ2n) is 3.30. The zero-order valence-electron chi connectivity index (χ0n) is 10.0. The summed E-state index contributed by atoms with van der Waals surface area (Å²) in [4.78, 5) is 1.15. The molecule has 3 nitrogen and oxygen atoms in total. The maximum absolute atomic E-state index is 5.63. The predicted molar refractivity (Wildman–Crippen MR) is 68.2 cm³/mol. The van der Waals surface area contributed by atoms with Crippen LogP contribution < -0.4 is 10.5 Å². The number of hydrogen-bond acceptors (Lipinski definition) is 4. The van der Waals surface area contributed by atoms with Crippen molar-refractivity contribution >= 4 is 11.8 Å². The van der Waals surface area contributed by atoms with E-state index in [4.69, 9.17) is 15.2 Å². The van der Waals surface area contributed by atoms with E-state index < -0.39 is 0 Å². The fourth-order valence-electron chi connectivity index (χ4n) is 1.53. The van der Waals surface area contributed by atoms with Crippen LogP contribution in [-0.2, 0) is 4.74 Å². The van der Waals surface area contributed by atoms with Crippen molar-refractivity contribution in [1.82, 2.24) is 0 Å². The highest BCUT2D eigenvalue weighted by molar-refractivity contribution is 7.99. The summed E-state index contributed by atoms with van der Waals surface area (Å²) in [5.74, 6) is 1.92. The number of methoxy groups -OCH3 is 2. The van der Waals surface area contributed by atoms with Gasteiger partial charge in [-0.05, 0) is 23.4 Å². The molecule has 0 amide bonds. The maximum Gasteiger partial charge on any atom is 0.132 e. The summed E-state index contributed by atoms with van der Waals surface area (Å²) >= 11 is 1.77. The fraction of sp³-hybridized carbons (Fsp3) is 0.500. The van der Waals surface area contributed by atoms with Gasteiger partial charge in [-0.15, -0.1) is 11.8 Å². The molecule has 90 valence electrons. The van der Waals surface area contributed by atoms with E-state index in [-0.39, 0.29) is 6.10 Å². The zero-order chi connectivity index (χ0) is 12.0. The molecule has 0 aliphatic carbocycles. The molecule has 0 saturated heterocycles. The van der Waals surface area contributed by atoms with Gasteiger partial charge in [0.15, 0.2) is 0 Å². The van der Waals surface area contributed by atoms with Gasteiger partial charge in [0.1, 0.15) is 5.75 Å². The van der Waals surface area contributed by atoms with Crippen LogP contribution in [0, 0.1) is 0 Å². The molecule has 0 spiro atoms. The molecule has 1 unspecified atom stereocenters. The third kappa shape index (κ3) is 3.14. The minimum absolute atomic E-state index is 0.0606. The van der Waals surface area contributed by atoms with E-state index in [2.05, 4.69) is 13.0 Å². The SMILES string of the molecule is CCSc1ccc(C(CN)OC)cc1OC. The van der Waals surface area contributed by atoms with Crippen molar-refractivity contribution in [2.75, 3.05) is 26.5 Å². The van der Waals surface area contributed by atoms with Crippen LogP contribution >= 0.6 is 11.8 Å². The molecule has 1 rings (SSSR count). The van der Waals surface area contributed by atoms with Crippen LogP contribution in [-0.4, -0.2) is 26.5 Å². The van der Waals surface area contributed by atoms with Crippen LogP contribution in [0.15, 0.2) is 23.1 Å². The van der Waals surface area contributed by atoms with E-state index in [1.807, 2.05) is 12.1 Å². The lowest BCUT2D eigenvalue weighted by Crippen LogP contribution is -2.14. The second-order valence-corrected chi connectivity index (χ2v) is 4.61. The molecule has 2 N–H and O–H groups in total. The van der Waals surface area contributed by atoms with E-state index in [1.54, 1.807) is 26.0 Å². The van der Waals surface area contributed by atoms with Crippen LogP contribution in [0.4, 0.5) is 0 Å². The van der Waals surface area contributed by atoms with Crippen LogP contribution in [0.1, 0.15) is 18.6 Å². The first kappa shape index (κ1) is 13.4. The minimum Gasteiger partial charge on any atom is -0.496 e. The highest BCUT2D eigenvalue weighted by Crippen LogP contribution is 2.32. The number of ether oxygens (including phenoxy) is 2. The van der Waals surface area contributed by atoms with Gasteiger partial charge in [0.05, 0.1) is 13.2 Å². The number of benzene rings is 1. The van der Waals surface area contributed by atoms with Gasteiger partial charge in [0.2, 0.25) is 0 Å². The molecule has 1 aromatic carbocycles. The van der Waals surface area contributed by atoms with Crippen molar-refractivity contribution < 1.29 is 9.47 Å². The first-order chi connectivity index (χ1) is 7.76. The van der Waals surface area contributed by atoms with E-state index in [1.165, 1.54) is 0 Å². The molecule has 4 heteroatoms. The topological polar surface area (TPSA) is 44.5 Å². The van der Waals surface area contributed by atoms with E-state index >= 15 is 0 Å². The van der Waals surface area contributed by atoms with Gasteiger partial charge in [-0.3, -0.25) is 0 Å². The summed E-state index contributed by atoms with van der Waals surface area (Å²) in [6.45, 7) is 2.59. The van der Waals surface area contributed by atoms with Crippen molar-refractivity contribution in [3.8, 4) is 5.75 Å². The number of nitrogens with two attached hydrogens (primary N) is 1. The van der Waals surface area contributed by atoms with Crippen LogP contribution in [0.3, 0.4) is 0 Å². The molecule has 1 aromatic rings. The third-order valence-electron chi connectivity index (χ3n) is 2.36. The first-order valence-electron chi connectivity index (χ1n) is 5.30. The first-order valence-corrected chi connectivity index (χ1v) is 6.29. The Morgan fingerprint density at radius 3 is 2.62 bits per heavy atom. The summed E-state index contributed by atoms with van der Waals surface area (Å²) in [6, 6.07) is 6.10. The lowest BCUT2D eigenvalue weighted by Gasteiger charge is -2.15. The van der Waals surface area contributed by atoms with Crippen molar-refractivity contribution in [3.05, 3.63) is 23.8 Å². The van der Waals surface area contributed by atoms with E-state index in [0.717, 1.165) is 22.0 Å². The molecule has 1 atom stereocenters. The minimum atomic E-state index is -0.0606.